The van der Waals surface area contributed by atoms with Gasteiger partial charge in [0.25, 0.3) is 0 Å². The molecule has 2 aromatic rings. The van der Waals surface area contributed by atoms with Crippen molar-refractivity contribution in [3.8, 4) is 0 Å². The van der Waals surface area contributed by atoms with Gasteiger partial charge in [-0.15, -0.1) is 0 Å². The molecule has 0 radical (unpaired) electrons. The van der Waals surface area contributed by atoms with Gasteiger partial charge in [-0.3, -0.25) is 0 Å². The van der Waals surface area contributed by atoms with Gasteiger partial charge in [-0.05, 0) is 41.3 Å². The van der Waals surface area contributed by atoms with E-state index in [9.17, 15) is 5.11 Å². The third-order valence-corrected chi connectivity index (χ3v) is 4.77. The van der Waals surface area contributed by atoms with Crippen LogP contribution in [0.25, 0.3) is 0 Å². The van der Waals surface area contributed by atoms with Crippen LogP contribution < -0.4 is 0 Å². The average Bonchev–Trinajstić information content (AvgIpc) is 2.33. The van der Waals surface area contributed by atoms with Gasteiger partial charge in [0.2, 0.25) is 0 Å². The lowest BCUT2D eigenvalue weighted by Gasteiger charge is -2.34. The number of hydrogen-bond acceptors (Lipinski definition) is 1. The molecule has 0 fully saturated rings. The molecule has 1 aliphatic carbocycles. The fourth-order valence-corrected chi connectivity index (χ4v) is 3.40. The zero-order valence-electron chi connectivity index (χ0n) is 9.61. The Morgan fingerprint density at radius 3 is 2.67 bits per heavy atom. The number of halogens is 2. The van der Waals surface area contributed by atoms with Crippen molar-refractivity contribution in [2.45, 2.75) is 18.4 Å². The number of fused-ring (bicyclic) bond motifs is 1. The van der Waals surface area contributed by atoms with Crippen LogP contribution in [0, 0.1) is 0 Å². The monoisotopic (exact) mass is 366 g/mol. The van der Waals surface area contributed by atoms with E-state index in [2.05, 4.69) is 50.1 Å². The summed E-state index contributed by atoms with van der Waals surface area (Å²) in [6.07, 6.45) is 0.503. The minimum absolute atomic E-state index is 0.215. The van der Waals surface area contributed by atoms with E-state index in [4.69, 9.17) is 0 Å². The van der Waals surface area contributed by atoms with Gasteiger partial charge < -0.3 is 5.11 Å². The molecule has 0 saturated heterocycles. The average molecular weight is 368 g/mol. The molecule has 2 unspecified atom stereocenters. The molecule has 2 aromatic carbocycles. The molecule has 0 aliphatic heterocycles. The third kappa shape index (κ3) is 2.04. The SMILES string of the molecule is OC(c1cc(Br)ccc1Br)C1Cc2ccccc21. The Morgan fingerprint density at radius 2 is 1.89 bits per heavy atom. The van der Waals surface area contributed by atoms with E-state index in [0.29, 0.717) is 0 Å². The highest BCUT2D eigenvalue weighted by Crippen LogP contribution is 2.45. The van der Waals surface area contributed by atoms with Crippen LogP contribution in [-0.2, 0) is 6.42 Å². The van der Waals surface area contributed by atoms with Gasteiger partial charge in [0, 0.05) is 14.9 Å². The van der Waals surface area contributed by atoms with Gasteiger partial charge in [-0.25, -0.2) is 0 Å². The highest BCUT2D eigenvalue weighted by Gasteiger charge is 2.33. The smallest absolute Gasteiger partial charge is 0.0873 e. The van der Waals surface area contributed by atoms with Crippen molar-refractivity contribution in [2.75, 3.05) is 0 Å². The Morgan fingerprint density at radius 1 is 1.11 bits per heavy atom. The normalized spacial score (nSPS) is 18.9. The molecule has 0 aromatic heterocycles. The molecule has 2 atom stereocenters. The van der Waals surface area contributed by atoms with Crippen LogP contribution in [0.1, 0.15) is 28.7 Å². The second kappa shape index (κ2) is 4.80. The molecule has 0 amide bonds. The summed E-state index contributed by atoms with van der Waals surface area (Å²) < 4.78 is 1.95. The minimum Gasteiger partial charge on any atom is -0.388 e. The summed E-state index contributed by atoms with van der Waals surface area (Å²) in [5.41, 5.74) is 3.58. The van der Waals surface area contributed by atoms with Gasteiger partial charge in [0.1, 0.15) is 0 Å². The van der Waals surface area contributed by atoms with Crippen molar-refractivity contribution in [2.24, 2.45) is 0 Å². The maximum atomic E-state index is 10.5. The lowest BCUT2D eigenvalue weighted by molar-refractivity contribution is 0.134. The Hall–Kier alpha value is -0.640. The minimum atomic E-state index is -0.452. The zero-order chi connectivity index (χ0) is 12.7. The van der Waals surface area contributed by atoms with E-state index in [-0.39, 0.29) is 5.92 Å². The topological polar surface area (TPSA) is 20.2 Å². The number of aliphatic hydroxyl groups is 1. The van der Waals surface area contributed by atoms with Crippen LogP contribution in [0.2, 0.25) is 0 Å². The molecule has 0 bridgehead atoms. The molecule has 0 saturated carbocycles. The summed E-state index contributed by atoms with van der Waals surface area (Å²) in [7, 11) is 0. The summed E-state index contributed by atoms with van der Waals surface area (Å²) in [4.78, 5) is 0. The molecule has 3 rings (SSSR count). The summed E-state index contributed by atoms with van der Waals surface area (Å²) >= 11 is 6.97. The molecule has 1 N–H and O–H groups in total. The fourth-order valence-electron chi connectivity index (χ4n) is 2.54. The van der Waals surface area contributed by atoms with E-state index in [1.54, 1.807) is 0 Å². The first-order chi connectivity index (χ1) is 8.66. The number of benzene rings is 2. The van der Waals surface area contributed by atoms with Crippen LogP contribution in [0.4, 0.5) is 0 Å². The number of rotatable bonds is 2. The predicted octanol–water partition coefficient (Wildman–Crippen LogP) is 4.58. The first-order valence-electron chi connectivity index (χ1n) is 5.87. The maximum Gasteiger partial charge on any atom is 0.0873 e. The highest BCUT2D eigenvalue weighted by molar-refractivity contribution is 9.11. The molecular formula is C15H12Br2O. The first-order valence-corrected chi connectivity index (χ1v) is 7.46. The molecule has 0 spiro atoms. The van der Waals surface area contributed by atoms with E-state index in [1.165, 1.54) is 11.1 Å². The Bertz CT molecular complexity index is 595. The van der Waals surface area contributed by atoms with Crippen LogP contribution >= 0.6 is 31.9 Å². The van der Waals surface area contributed by atoms with Crippen molar-refractivity contribution in [3.63, 3.8) is 0 Å². The van der Waals surface area contributed by atoms with E-state index in [0.717, 1.165) is 20.9 Å². The van der Waals surface area contributed by atoms with Gasteiger partial charge >= 0.3 is 0 Å². The third-order valence-electron chi connectivity index (χ3n) is 3.55. The van der Waals surface area contributed by atoms with Gasteiger partial charge in [-0.1, -0.05) is 56.1 Å². The van der Waals surface area contributed by atoms with Crippen molar-refractivity contribution in [1.82, 2.24) is 0 Å². The molecule has 1 aliphatic rings. The molecule has 92 valence electrons. The van der Waals surface area contributed by atoms with E-state index < -0.39 is 6.10 Å². The second-order valence-corrected chi connectivity index (χ2v) is 6.39. The highest BCUT2D eigenvalue weighted by atomic mass is 79.9. The molecule has 1 nitrogen and oxygen atoms in total. The van der Waals surface area contributed by atoms with E-state index >= 15 is 0 Å². The zero-order valence-corrected chi connectivity index (χ0v) is 12.8. The van der Waals surface area contributed by atoms with Crippen LogP contribution in [0.3, 0.4) is 0 Å². The first kappa shape index (κ1) is 12.4. The molecule has 0 heterocycles. The summed E-state index contributed by atoms with van der Waals surface area (Å²) in [5, 5.41) is 10.5. The number of aliphatic hydroxyl groups excluding tert-OH is 1. The van der Waals surface area contributed by atoms with Crippen molar-refractivity contribution < 1.29 is 5.11 Å². The van der Waals surface area contributed by atoms with Crippen molar-refractivity contribution in [1.29, 1.82) is 0 Å². The Kier molecular flexibility index (Phi) is 3.31. The van der Waals surface area contributed by atoms with Crippen LogP contribution in [-0.4, -0.2) is 5.11 Å². The van der Waals surface area contributed by atoms with Gasteiger partial charge in [0.05, 0.1) is 6.10 Å². The molecular weight excluding hydrogens is 356 g/mol. The standard InChI is InChI=1S/C15H12Br2O/c16-10-5-6-14(17)13(8-10)15(18)12-7-9-3-1-2-4-11(9)12/h1-6,8,12,15,18H,7H2. The predicted molar refractivity (Wildman–Crippen MR) is 79.7 cm³/mol. The Labute approximate surface area is 123 Å². The molecule has 3 heteroatoms. The van der Waals surface area contributed by atoms with Crippen molar-refractivity contribution in [3.05, 3.63) is 68.1 Å². The van der Waals surface area contributed by atoms with Crippen molar-refractivity contribution >= 4 is 31.9 Å². The quantitative estimate of drug-likeness (QED) is 0.823. The van der Waals surface area contributed by atoms with Crippen LogP contribution in [0.5, 0.6) is 0 Å². The van der Waals surface area contributed by atoms with E-state index in [1.807, 2.05) is 24.3 Å². The Balaban J connectivity index is 1.93. The lowest BCUT2D eigenvalue weighted by atomic mass is 9.73. The summed E-state index contributed by atoms with van der Waals surface area (Å²) in [6, 6.07) is 14.2. The summed E-state index contributed by atoms with van der Waals surface area (Å²) in [5.74, 6) is 0.215. The maximum absolute atomic E-state index is 10.5. The second-order valence-electron chi connectivity index (χ2n) is 4.62. The lowest BCUT2D eigenvalue weighted by Crippen LogP contribution is -2.23. The largest absolute Gasteiger partial charge is 0.388 e. The summed E-state index contributed by atoms with van der Waals surface area (Å²) in [6.45, 7) is 0. The van der Waals surface area contributed by atoms with Crippen LogP contribution in [0.15, 0.2) is 51.4 Å². The molecule has 18 heavy (non-hydrogen) atoms. The van der Waals surface area contributed by atoms with Gasteiger partial charge in [-0.2, -0.15) is 0 Å². The fraction of sp³-hybridized carbons (Fsp3) is 0.200. The van der Waals surface area contributed by atoms with Gasteiger partial charge in [0.15, 0.2) is 0 Å². The number of hydrogen-bond donors (Lipinski definition) is 1.